The van der Waals surface area contributed by atoms with E-state index in [2.05, 4.69) is 67.7 Å². The monoisotopic (exact) mass is 568 g/mol. The summed E-state index contributed by atoms with van der Waals surface area (Å²) in [4.78, 5) is 11.6. The Kier molecular flexibility index (Phi) is 8.53. The molecule has 0 unspecified atom stereocenters. The van der Waals surface area contributed by atoms with Crippen molar-refractivity contribution in [3.63, 3.8) is 0 Å². The van der Waals surface area contributed by atoms with Gasteiger partial charge in [0.2, 0.25) is 16.6 Å². The highest BCUT2D eigenvalue weighted by Gasteiger charge is 2.40. The van der Waals surface area contributed by atoms with Crippen LogP contribution in [0.15, 0.2) is 46.9 Å². The van der Waals surface area contributed by atoms with Crippen molar-refractivity contribution in [1.82, 2.24) is 0 Å². The summed E-state index contributed by atoms with van der Waals surface area (Å²) in [6.07, 6.45) is 3.08. The summed E-state index contributed by atoms with van der Waals surface area (Å²) >= 11 is 0. The zero-order valence-electron chi connectivity index (χ0n) is 25.6. The minimum atomic E-state index is -2.10. The SMILES string of the molecule is COC(=O)/C=C/c1cc(OC)c2oc(-c3cc(O[Si](C)(C)C(C)(C)C)cc(O[Si](C)(C)C(C)(C)C)c3)cc2c1. The van der Waals surface area contributed by atoms with Crippen LogP contribution in [0.25, 0.3) is 28.4 Å². The molecule has 0 saturated heterocycles. The van der Waals surface area contributed by atoms with Gasteiger partial charge in [0.05, 0.1) is 14.2 Å². The third-order valence-corrected chi connectivity index (χ3v) is 16.7. The highest BCUT2D eigenvalue weighted by atomic mass is 28.4. The number of hydrogen-bond donors (Lipinski definition) is 0. The number of furan rings is 1. The molecule has 0 spiro atoms. The number of carbonyl (C=O) groups is 1. The summed E-state index contributed by atoms with van der Waals surface area (Å²) in [5.74, 6) is 2.39. The normalized spacial score (nSPS) is 13.1. The molecule has 0 bridgehead atoms. The zero-order valence-corrected chi connectivity index (χ0v) is 27.6. The van der Waals surface area contributed by atoms with Crippen LogP contribution in [-0.2, 0) is 9.53 Å². The van der Waals surface area contributed by atoms with Crippen molar-refractivity contribution in [3.05, 3.63) is 48.0 Å². The third-order valence-electron chi connectivity index (χ3n) is 7.96. The Morgan fingerprint density at radius 3 is 1.79 bits per heavy atom. The summed E-state index contributed by atoms with van der Waals surface area (Å²) in [7, 11) is -1.25. The molecule has 1 heterocycles. The van der Waals surface area contributed by atoms with Gasteiger partial charge in [-0.25, -0.2) is 4.79 Å². The van der Waals surface area contributed by atoms with Gasteiger partial charge in [0.15, 0.2) is 11.3 Å². The van der Waals surface area contributed by atoms with Crippen molar-refractivity contribution in [2.45, 2.75) is 77.8 Å². The highest BCUT2D eigenvalue weighted by Crippen LogP contribution is 2.43. The molecule has 39 heavy (non-hydrogen) atoms. The first-order valence-corrected chi connectivity index (χ1v) is 19.1. The minimum absolute atomic E-state index is 0.0459. The molecule has 0 N–H and O–H groups in total. The van der Waals surface area contributed by atoms with Gasteiger partial charge in [-0.15, -0.1) is 0 Å². The molecule has 8 heteroatoms. The van der Waals surface area contributed by atoms with Gasteiger partial charge < -0.3 is 22.7 Å². The Morgan fingerprint density at radius 2 is 1.33 bits per heavy atom. The van der Waals surface area contributed by atoms with Gasteiger partial charge in [-0.05, 0) is 78.2 Å². The fraction of sp³-hybridized carbons (Fsp3) is 0.452. The van der Waals surface area contributed by atoms with Crippen molar-refractivity contribution >= 4 is 39.6 Å². The van der Waals surface area contributed by atoms with Crippen molar-refractivity contribution in [1.29, 1.82) is 0 Å². The fourth-order valence-corrected chi connectivity index (χ4v) is 5.52. The van der Waals surface area contributed by atoms with Crippen LogP contribution in [0.3, 0.4) is 0 Å². The van der Waals surface area contributed by atoms with Gasteiger partial charge in [-0.1, -0.05) is 41.5 Å². The summed E-state index contributed by atoms with van der Waals surface area (Å²) in [5, 5.41) is 0.950. The summed E-state index contributed by atoms with van der Waals surface area (Å²) in [6.45, 7) is 22.3. The maximum Gasteiger partial charge on any atom is 0.330 e. The molecule has 0 atom stereocenters. The first-order chi connectivity index (χ1) is 17.9. The van der Waals surface area contributed by atoms with Gasteiger partial charge in [0, 0.05) is 23.1 Å². The Hall–Kier alpha value is -2.98. The molecule has 0 aliphatic carbocycles. The summed E-state index contributed by atoms with van der Waals surface area (Å²) in [5.41, 5.74) is 2.30. The van der Waals surface area contributed by atoms with E-state index in [1.165, 1.54) is 13.2 Å². The molecule has 0 amide bonds. The van der Waals surface area contributed by atoms with E-state index in [1.54, 1.807) is 13.2 Å². The lowest BCUT2D eigenvalue weighted by atomic mass is 10.1. The number of esters is 1. The molecule has 6 nitrogen and oxygen atoms in total. The second-order valence-electron chi connectivity index (χ2n) is 13.0. The van der Waals surface area contributed by atoms with Crippen LogP contribution in [0.5, 0.6) is 17.2 Å². The van der Waals surface area contributed by atoms with E-state index in [-0.39, 0.29) is 10.1 Å². The molecule has 2 aromatic carbocycles. The van der Waals surface area contributed by atoms with Gasteiger partial charge in [0.1, 0.15) is 17.3 Å². The van der Waals surface area contributed by atoms with Crippen LogP contribution >= 0.6 is 0 Å². The average Bonchev–Trinajstić information content (AvgIpc) is 3.24. The zero-order chi connectivity index (χ0) is 29.4. The molecule has 212 valence electrons. The van der Waals surface area contributed by atoms with Crippen LogP contribution in [0, 0.1) is 0 Å². The van der Waals surface area contributed by atoms with Crippen LogP contribution in [0.1, 0.15) is 47.1 Å². The summed E-state index contributed by atoms with van der Waals surface area (Å²) < 4.78 is 30.1. The first-order valence-electron chi connectivity index (χ1n) is 13.3. The van der Waals surface area contributed by atoms with E-state index in [0.29, 0.717) is 17.1 Å². The lowest BCUT2D eigenvalue weighted by Gasteiger charge is -2.38. The van der Waals surface area contributed by atoms with Gasteiger partial charge >= 0.3 is 5.97 Å². The number of methoxy groups -OCH3 is 2. The number of ether oxygens (including phenoxy) is 2. The van der Waals surface area contributed by atoms with E-state index in [1.807, 2.05) is 36.4 Å². The fourth-order valence-electron chi connectivity index (χ4n) is 3.49. The quantitative estimate of drug-likeness (QED) is 0.153. The van der Waals surface area contributed by atoms with E-state index < -0.39 is 22.6 Å². The Bertz CT molecular complexity index is 1320. The molecule has 0 fully saturated rings. The molecule has 0 saturated carbocycles. The van der Waals surface area contributed by atoms with Crippen LogP contribution in [-0.4, -0.2) is 36.8 Å². The number of carbonyl (C=O) groups excluding carboxylic acids is 1. The lowest BCUT2D eigenvalue weighted by molar-refractivity contribution is -0.134. The van der Waals surface area contributed by atoms with Crippen molar-refractivity contribution in [2.24, 2.45) is 0 Å². The number of rotatable bonds is 8. The number of benzene rings is 2. The van der Waals surface area contributed by atoms with E-state index >= 15 is 0 Å². The molecule has 0 aliphatic rings. The lowest BCUT2D eigenvalue weighted by Crippen LogP contribution is -2.44. The molecule has 3 aromatic rings. The third kappa shape index (κ3) is 6.97. The Labute approximate surface area is 235 Å². The predicted molar refractivity (Wildman–Crippen MR) is 165 cm³/mol. The van der Waals surface area contributed by atoms with Gasteiger partial charge in [-0.2, -0.15) is 0 Å². The summed E-state index contributed by atoms with van der Waals surface area (Å²) in [6, 6.07) is 11.8. The van der Waals surface area contributed by atoms with Gasteiger partial charge in [0.25, 0.3) is 0 Å². The largest absolute Gasteiger partial charge is 0.543 e. The number of fused-ring (bicyclic) bond motifs is 1. The second kappa shape index (κ2) is 10.9. The van der Waals surface area contributed by atoms with E-state index in [9.17, 15) is 4.79 Å². The second-order valence-corrected chi connectivity index (χ2v) is 22.5. The molecular formula is C31H44O6Si2. The van der Waals surface area contributed by atoms with Crippen LogP contribution in [0.2, 0.25) is 36.3 Å². The standard InChI is InChI=1S/C31H44O6Si2/c1-30(2,3)38(9,10)36-24-17-22(18-25(20-24)37-39(11,12)31(4,5)6)26-19-23-15-21(13-14-28(32)34-8)16-27(33-7)29(23)35-26/h13-20H,1-12H3/b14-13+. The predicted octanol–water partition coefficient (Wildman–Crippen LogP) is 9.06. The maximum atomic E-state index is 11.6. The van der Waals surface area contributed by atoms with Gasteiger partial charge in [-0.3, -0.25) is 0 Å². The van der Waals surface area contributed by atoms with Crippen LogP contribution in [0.4, 0.5) is 0 Å². The maximum absolute atomic E-state index is 11.6. The molecule has 3 rings (SSSR count). The molecule has 1 aromatic heterocycles. The first kappa shape index (κ1) is 30.6. The molecular weight excluding hydrogens is 525 g/mol. The topological polar surface area (TPSA) is 67.1 Å². The molecule has 0 radical (unpaired) electrons. The number of hydrogen-bond acceptors (Lipinski definition) is 6. The van der Waals surface area contributed by atoms with E-state index in [0.717, 1.165) is 28.0 Å². The van der Waals surface area contributed by atoms with Crippen molar-refractivity contribution < 1.29 is 27.5 Å². The average molecular weight is 569 g/mol. The van der Waals surface area contributed by atoms with Crippen LogP contribution < -0.4 is 13.6 Å². The molecule has 0 aliphatic heterocycles. The van der Waals surface area contributed by atoms with E-state index in [4.69, 9.17) is 22.7 Å². The van der Waals surface area contributed by atoms with Crippen molar-refractivity contribution in [3.8, 4) is 28.6 Å². The minimum Gasteiger partial charge on any atom is -0.543 e. The smallest absolute Gasteiger partial charge is 0.330 e. The highest BCUT2D eigenvalue weighted by molar-refractivity contribution is 6.75. The van der Waals surface area contributed by atoms with Crippen molar-refractivity contribution in [2.75, 3.05) is 14.2 Å². The Balaban J connectivity index is 2.15. The Morgan fingerprint density at radius 1 is 0.795 bits per heavy atom.